The fraction of sp³-hybridized carbons (Fsp3) is 0.294. The minimum absolute atomic E-state index is 0.0899. The van der Waals surface area contributed by atoms with Crippen LogP contribution in [0.2, 0.25) is 0 Å². The zero-order chi connectivity index (χ0) is 18.0. The van der Waals surface area contributed by atoms with Crippen LogP contribution in [0.15, 0.2) is 28.7 Å². The number of nitrogens with two attached hydrogens (primary N) is 1. The third-order valence-corrected chi connectivity index (χ3v) is 7.45. The van der Waals surface area contributed by atoms with Gasteiger partial charge in [-0.05, 0) is 42.5 Å². The number of hydrogen-bond donors (Lipinski definition) is 3. The molecule has 1 fully saturated rings. The zero-order valence-corrected chi connectivity index (χ0v) is 16.8. The Morgan fingerprint density at radius 3 is 2.68 bits per heavy atom. The van der Waals surface area contributed by atoms with Crippen molar-refractivity contribution < 1.29 is 9.59 Å². The number of aromatic nitrogens is 1. The van der Waals surface area contributed by atoms with Crippen LogP contribution in [-0.4, -0.2) is 28.2 Å². The van der Waals surface area contributed by atoms with E-state index in [1.807, 2.05) is 12.1 Å². The Hall–Kier alpha value is -1.22. The Morgan fingerprint density at radius 1 is 1.32 bits per heavy atom. The molecule has 3 rings (SSSR count). The van der Waals surface area contributed by atoms with Crippen LogP contribution in [-0.2, 0) is 0 Å². The molecule has 1 aliphatic heterocycles. The third-order valence-electron chi connectivity index (χ3n) is 4.01. The Kier molecular flexibility index (Phi) is 5.93. The van der Waals surface area contributed by atoms with Gasteiger partial charge in [-0.3, -0.25) is 15.0 Å². The monoisotopic (exact) mass is 439 g/mol. The Bertz CT molecular complexity index is 816. The van der Waals surface area contributed by atoms with E-state index in [0.29, 0.717) is 22.4 Å². The third kappa shape index (κ3) is 3.81. The molecule has 1 amide bonds. The maximum absolute atomic E-state index is 13.2. The highest BCUT2D eigenvalue weighted by Crippen LogP contribution is 2.45. The van der Waals surface area contributed by atoms with E-state index in [9.17, 15) is 9.59 Å². The number of halogens is 1. The molecule has 1 aromatic heterocycles. The summed E-state index contributed by atoms with van der Waals surface area (Å²) in [5.74, 6) is 6.87. The smallest absolute Gasteiger partial charge is 0.281 e. The van der Waals surface area contributed by atoms with Crippen molar-refractivity contribution in [3.8, 4) is 0 Å². The molecular weight excluding hydrogens is 422 g/mol. The van der Waals surface area contributed by atoms with Gasteiger partial charge in [-0.25, -0.2) is 5.84 Å². The molecule has 2 heterocycles. The number of nitrogens with one attached hydrogen (secondary N) is 2. The van der Waals surface area contributed by atoms with Gasteiger partial charge < -0.3 is 4.98 Å². The van der Waals surface area contributed by atoms with E-state index in [0.717, 1.165) is 28.1 Å². The van der Waals surface area contributed by atoms with Crippen LogP contribution >= 0.6 is 39.5 Å². The van der Waals surface area contributed by atoms with Crippen molar-refractivity contribution in [2.75, 3.05) is 11.5 Å². The fourth-order valence-corrected chi connectivity index (χ4v) is 6.10. The summed E-state index contributed by atoms with van der Waals surface area (Å²) in [5.41, 5.74) is 5.10. The number of aromatic amines is 1. The zero-order valence-electron chi connectivity index (χ0n) is 13.6. The van der Waals surface area contributed by atoms with Crippen molar-refractivity contribution in [1.29, 1.82) is 0 Å². The number of rotatable bonds is 4. The number of nitrogen functional groups attached to an aromatic ring is 1. The van der Waals surface area contributed by atoms with Crippen molar-refractivity contribution in [3.63, 3.8) is 0 Å². The summed E-state index contributed by atoms with van der Waals surface area (Å²) in [6, 6.07) is 7.29. The number of amides is 1. The lowest BCUT2D eigenvalue weighted by Crippen LogP contribution is -2.30. The standard InChI is InChI=1S/C17H18BrN3O2S2/c1-9-12(15(22)10-4-2-5-11(18)8-10)14(17-24-6-3-7-25-17)20-13(9)16(23)21-19/h2,4-5,8,17,20H,3,6-7,19H2,1H3,(H,21,23). The fourth-order valence-electron chi connectivity index (χ4n) is 2.82. The predicted molar refractivity (Wildman–Crippen MR) is 107 cm³/mol. The molecule has 0 unspecified atom stereocenters. The van der Waals surface area contributed by atoms with Crippen LogP contribution in [0.1, 0.15) is 48.7 Å². The van der Waals surface area contributed by atoms with Crippen LogP contribution in [0.3, 0.4) is 0 Å². The molecule has 4 N–H and O–H groups in total. The van der Waals surface area contributed by atoms with Gasteiger partial charge in [-0.2, -0.15) is 0 Å². The van der Waals surface area contributed by atoms with Crippen LogP contribution < -0.4 is 11.3 Å². The molecule has 2 aromatic rings. The summed E-state index contributed by atoms with van der Waals surface area (Å²) in [7, 11) is 0. The molecular formula is C17H18BrN3O2S2. The second kappa shape index (κ2) is 7.99. The Morgan fingerprint density at radius 2 is 2.04 bits per heavy atom. The van der Waals surface area contributed by atoms with Crippen LogP contribution in [0.25, 0.3) is 0 Å². The first-order chi connectivity index (χ1) is 12.0. The van der Waals surface area contributed by atoms with Crippen molar-refractivity contribution in [2.45, 2.75) is 17.9 Å². The average Bonchev–Trinajstić information content (AvgIpc) is 2.98. The lowest BCUT2D eigenvalue weighted by Gasteiger charge is -2.21. The normalized spacial score (nSPS) is 15.2. The average molecular weight is 440 g/mol. The van der Waals surface area contributed by atoms with E-state index in [1.54, 1.807) is 42.6 Å². The molecule has 8 heteroatoms. The van der Waals surface area contributed by atoms with Crippen LogP contribution in [0.5, 0.6) is 0 Å². The molecule has 0 atom stereocenters. The maximum atomic E-state index is 13.2. The molecule has 0 radical (unpaired) electrons. The maximum Gasteiger partial charge on any atom is 0.281 e. The van der Waals surface area contributed by atoms with Gasteiger partial charge in [0.2, 0.25) is 0 Å². The van der Waals surface area contributed by atoms with Gasteiger partial charge in [-0.1, -0.05) is 28.1 Å². The first kappa shape index (κ1) is 18.6. The molecule has 25 heavy (non-hydrogen) atoms. The number of H-pyrrole nitrogens is 1. The minimum Gasteiger partial charge on any atom is -0.352 e. The van der Waals surface area contributed by atoms with Crippen molar-refractivity contribution in [2.24, 2.45) is 5.84 Å². The van der Waals surface area contributed by atoms with Gasteiger partial charge in [-0.15, -0.1) is 23.5 Å². The van der Waals surface area contributed by atoms with Gasteiger partial charge in [0.15, 0.2) is 5.78 Å². The van der Waals surface area contributed by atoms with Gasteiger partial charge >= 0.3 is 0 Å². The van der Waals surface area contributed by atoms with Gasteiger partial charge in [0.1, 0.15) is 5.69 Å². The Balaban J connectivity index is 2.10. The van der Waals surface area contributed by atoms with E-state index in [1.165, 1.54) is 0 Å². The highest BCUT2D eigenvalue weighted by Gasteiger charge is 2.30. The summed E-state index contributed by atoms with van der Waals surface area (Å²) in [6.07, 6.45) is 1.15. The first-order valence-electron chi connectivity index (χ1n) is 7.79. The molecule has 0 aliphatic carbocycles. The summed E-state index contributed by atoms with van der Waals surface area (Å²) in [5, 5.41) is 0. The number of carbonyl (C=O) groups excluding carboxylic acids is 2. The van der Waals surface area contributed by atoms with E-state index >= 15 is 0 Å². The number of carbonyl (C=O) groups is 2. The first-order valence-corrected chi connectivity index (χ1v) is 10.7. The van der Waals surface area contributed by atoms with E-state index in [2.05, 4.69) is 26.3 Å². The second-order valence-electron chi connectivity index (χ2n) is 5.65. The highest BCUT2D eigenvalue weighted by molar-refractivity contribution is 9.10. The summed E-state index contributed by atoms with van der Waals surface area (Å²) >= 11 is 7.00. The van der Waals surface area contributed by atoms with Crippen LogP contribution in [0, 0.1) is 6.92 Å². The lowest BCUT2D eigenvalue weighted by molar-refractivity contribution is 0.0948. The quantitative estimate of drug-likeness (QED) is 0.292. The van der Waals surface area contributed by atoms with Crippen molar-refractivity contribution in [1.82, 2.24) is 10.4 Å². The van der Waals surface area contributed by atoms with Gasteiger partial charge in [0, 0.05) is 15.6 Å². The van der Waals surface area contributed by atoms with Crippen molar-refractivity contribution in [3.05, 3.63) is 56.8 Å². The van der Waals surface area contributed by atoms with E-state index in [-0.39, 0.29) is 10.4 Å². The molecule has 5 nitrogen and oxygen atoms in total. The number of hydrogen-bond acceptors (Lipinski definition) is 5. The van der Waals surface area contributed by atoms with Crippen molar-refractivity contribution >= 4 is 51.1 Å². The van der Waals surface area contributed by atoms with Gasteiger partial charge in [0.25, 0.3) is 5.91 Å². The number of benzene rings is 1. The molecule has 132 valence electrons. The number of ketones is 1. The molecule has 1 saturated heterocycles. The molecule has 0 spiro atoms. The summed E-state index contributed by atoms with van der Waals surface area (Å²) in [6.45, 7) is 1.79. The minimum atomic E-state index is -0.419. The SMILES string of the molecule is Cc1c(C(=O)NN)[nH]c(C2SCCCS2)c1C(=O)c1cccc(Br)c1. The van der Waals surface area contributed by atoms with E-state index < -0.39 is 5.91 Å². The topological polar surface area (TPSA) is 88.0 Å². The van der Waals surface area contributed by atoms with Gasteiger partial charge in [0.05, 0.1) is 10.3 Å². The summed E-state index contributed by atoms with van der Waals surface area (Å²) in [4.78, 5) is 28.5. The molecule has 0 saturated carbocycles. The molecule has 1 aromatic carbocycles. The van der Waals surface area contributed by atoms with Crippen LogP contribution in [0.4, 0.5) is 0 Å². The summed E-state index contributed by atoms with van der Waals surface area (Å²) < 4.78 is 0.951. The lowest BCUT2D eigenvalue weighted by atomic mass is 9.99. The largest absolute Gasteiger partial charge is 0.352 e. The second-order valence-corrected chi connectivity index (χ2v) is 9.29. The molecule has 1 aliphatic rings. The Labute approximate surface area is 163 Å². The highest BCUT2D eigenvalue weighted by atomic mass is 79.9. The number of hydrazine groups is 1. The van der Waals surface area contributed by atoms with E-state index in [4.69, 9.17) is 5.84 Å². The predicted octanol–water partition coefficient (Wildman–Crippen LogP) is 3.79. The number of thioether (sulfide) groups is 2. The molecule has 0 bridgehead atoms.